The van der Waals surface area contributed by atoms with Gasteiger partial charge < -0.3 is 10.1 Å². The molecule has 0 bridgehead atoms. The fourth-order valence-electron chi connectivity index (χ4n) is 3.21. The van der Waals surface area contributed by atoms with Crippen molar-refractivity contribution < 1.29 is 22.7 Å². The van der Waals surface area contributed by atoms with E-state index < -0.39 is 28.5 Å². The van der Waals surface area contributed by atoms with Gasteiger partial charge in [-0.15, -0.1) is 0 Å². The summed E-state index contributed by atoms with van der Waals surface area (Å²) in [7, 11) is -3.59. The summed E-state index contributed by atoms with van der Waals surface area (Å²) in [5.41, 5.74) is 2.29. The van der Waals surface area contributed by atoms with Crippen LogP contribution in [-0.4, -0.2) is 44.3 Å². The molecule has 1 aliphatic heterocycles. The number of carbonyl (C=O) groups is 2. The number of nitrogens with one attached hydrogen (secondary N) is 1. The van der Waals surface area contributed by atoms with E-state index in [2.05, 4.69) is 5.32 Å². The fraction of sp³-hybridized carbons (Fsp3) is 0.304. The number of ether oxygens (including phenoxy) is 1. The molecule has 0 saturated carbocycles. The number of nitrogens with zero attached hydrogens (tertiary/aromatic N) is 1. The third-order valence-corrected chi connectivity index (χ3v) is 6.80. The maximum Gasteiger partial charge on any atom is 0.331 e. The van der Waals surface area contributed by atoms with Gasteiger partial charge in [-0.05, 0) is 49.6 Å². The van der Waals surface area contributed by atoms with Crippen LogP contribution in [-0.2, 0) is 24.3 Å². The third-order valence-electron chi connectivity index (χ3n) is 4.91. The van der Waals surface area contributed by atoms with Crippen LogP contribution in [0.3, 0.4) is 0 Å². The van der Waals surface area contributed by atoms with Crippen molar-refractivity contribution in [2.75, 3.05) is 25.0 Å². The van der Waals surface area contributed by atoms with Gasteiger partial charge in [0, 0.05) is 24.9 Å². The lowest BCUT2D eigenvalue weighted by molar-refractivity contribution is -0.142. The molecule has 0 unspecified atom stereocenters. The van der Waals surface area contributed by atoms with Crippen LogP contribution in [0.1, 0.15) is 30.4 Å². The first-order chi connectivity index (χ1) is 14.8. The van der Waals surface area contributed by atoms with E-state index in [1.165, 1.54) is 22.5 Å². The number of hydrogen-bond donors (Lipinski definition) is 1. The van der Waals surface area contributed by atoms with Crippen LogP contribution in [0.15, 0.2) is 59.5 Å². The highest BCUT2D eigenvalue weighted by Gasteiger charge is 2.26. The zero-order valence-corrected chi connectivity index (χ0v) is 18.2. The minimum Gasteiger partial charge on any atom is -0.452 e. The maximum absolute atomic E-state index is 12.8. The Morgan fingerprint density at radius 1 is 1.06 bits per heavy atom. The molecule has 1 heterocycles. The summed E-state index contributed by atoms with van der Waals surface area (Å²) in [4.78, 5) is 24.1. The molecule has 8 heteroatoms. The van der Waals surface area contributed by atoms with Crippen molar-refractivity contribution in [3.05, 3.63) is 65.7 Å². The summed E-state index contributed by atoms with van der Waals surface area (Å²) in [5.74, 6) is -1.19. The molecular formula is C23H26N2O5S. The Morgan fingerprint density at radius 2 is 1.77 bits per heavy atom. The van der Waals surface area contributed by atoms with Gasteiger partial charge in [0.2, 0.25) is 10.0 Å². The van der Waals surface area contributed by atoms with Crippen LogP contribution < -0.4 is 5.32 Å². The molecular weight excluding hydrogens is 416 g/mol. The van der Waals surface area contributed by atoms with Gasteiger partial charge in [0.25, 0.3) is 5.91 Å². The molecule has 31 heavy (non-hydrogen) atoms. The van der Waals surface area contributed by atoms with Gasteiger partial charge >= 0.3 is 5.97 Å². The van der Waals surface area contributed by atoms with E-state index in [4.69, 9.17) is 4.74 Å². The number of carbonyl (C=O) groups excluding carboxylic acids is 2. The highest BCUT2D eigenvalue weighted by molar-refractivity contribution is 7.89. The summed E-state index contributed by atoms with van der Waals surface area (Å²) in [6.07, 6.45) is 5.58. The zero-order chi connectivity index (χ0) is 22.3. The first-order valence-corrected chi connectivity index (χ1v) is 11.6. The lowest BCUT2D eigenvalue weighted by Crippen LogP contribution is -2.35. The first-order valence-electron chi connectivity index (χ1n) is 10.2. The quantitative estimate of drug-likeness (QED) is 0.524. The second-order valence-corrected chi connectivity index (χ2v) is 9.33. The number of piperidine rings is 1. The largest absolute Gasteiger partial charge is 0.452 e. The Balaban J connectivity index is 1.54. The van der Waals surface area contributed by atoms with Gasteiger partial charge in [-0.3, -0.25) is 4.79 Å². The van der Waals surface area contributed by atoms with Crippen molar-refractivity contribution >= 4 is 33.7 Å². The van der Waals surface area contributed by atoms with Crippen LogP contribution in [0.25, 0.3) is 6.08 Å². The summed E-state index contributed by atoms with van der Waals surface area (Å²) in [6.45, 7) is 2.51. The highest BCUT2D eigenvalue weighted by Crippen LogP contribution is 2.22. The fourth-order valence-corrected chi connectivity index (χ4v) is 4.78. The van der Waals surface area contributed by atoms with Crippen molar-refractivity contribution in [1.29, 1.82) is 0 Å². The molecule has 2 aromatic rings. The SMILES string of the molecule is Cc1ccc(/C=C/C(=O)OCC(=O)Nc2cccc(S(=O)(=O)N3CCCCC3)c2)cc1. The summed E-state index contributed by atoms with van der Waals surface area (Å²) in [6, 6.07) is 13.7. The molecule has 7 nitrogen and oxygen atoms in total. The van der Waals surface area contributed by atoms with Crippen LogP contribution in [0.2, 0.25) is 0 Å². The summed E-state index contributed by atoms with van der Waals surface area (Å²) < 4.78 is 32.0. The minimum absolute atomic E-state index is 0.130. The second kappa shape index (κ2) is 10.4. The average Bonchev–Trinajstić information content (AvgIpc) is 2.78. The number of anilines is 1. The van der Waals surface area contributed by atoms with Crippen LogP contribution in [0.5, 0.6) is 0 Å². The van der Waals surface area contributed by atoms with Gasteiger partial charge in [0.05, 0.1) is 4.90 Å². The molecule has 164 valence electrons. The molecule has 1 fully saturated rings. The summed E-state index contributed by atoms with van der Waals surface area (Å²) >= 11 is 0. The van der Waals surface area contributed by atoms with Crippen molar-refractivity contribution in [3.8, 4) is 0 Å². The Kier molecular flexibility index (Phi) is 7.59. The standard InChI is InChI=1S/C23H26N2O5S/c1-18-8-10-19(11-9-18)12-13-23(27)30-17-22(26)24-20-6-5-7-21(16-20)31(28,29)25-14-3-2-4-15-25/h5-13,16H,2-4,14-15,17H2,1H3,(H,24,26)/b13-12+. The van der Waals surface area contributed by atoms with Gasteiger partial charge in [0.15, 0.2) is 6.61 Å². The Hall–Kier alpha value is -2.97. The average molecular weight is 443 g/mol. The molecule has 0 spiro atoms. The molecule has 0 radical (unpaired) electrons. The molecule has 1 saturated heterocycles. The van der Waals surface area contributed by atoms with Gasteiger partial charge in [-0.2, -0.15) is 4.31 Å². The predicted octanol–water partition coefficient (Wildman–Crippen LogP) is 3.36. The Labute approximate surface area is 182 Å². The number of sulfonamides is 1. The van der Waals surface area contributed by atoms with Gasteiger partial charge in [0.1, 0.15) is 0 Å². The van der Waals surface area contributed by atoms with E-state index in [-0.39, 0.29) is 4.90 Å². The normalized spacial score (nSPS) is 15.0. The van der Waals surface area contributed by atoms with E-state index in [9.17, 15) is 18.0 Å². The van der Waals surface area contributed by atoms with E-state index >= 15 is 0 Å². The Bertz CT molecular complexity index is 1060. The van der Waals surface area contributed by atoms with E-state index in [1.807, 2.05) is 31.2 Å². The lowest BCUT2D eigenvalue weighted by Gasteiger charge is -2.26. The van der Waals surface area contributed by atoms with Crippen molar-refractivity contribution in [3.63, 3.8) is 0 Å². The van der Waals surface area contributed by atoms with E-state index in [1.54, 1.807) is 18.2 Å². The molecule has 0 atom stereocenters. The maximum atomic E-state index is 12.8. The Morgan fingerprint density at radius 3 is 2.48 bits per heavy atom. The second-order valence-electron chi connectivity index (χ2n) is 7.39. The molecule has 1 amide bonds. The molecule has 0 aliphatic carbocycles. The number of benzene rings is 2. The number of esters is 1. The topological polar surface area (TPSA) is 92.8 Å². The van der Waals surface area contributed by atoms with Crippen LogP contribution in [0, 0.1) is 6.92 Å². The number of rotatable bonds is 7. The van der Waals surface area contributed by atoms with Crippen LogP contribution >= 0.6 is 0 Å². The number of amides is 1. The minimum atomic E-state index is -3.59. The molecule has 1 aliphatic rings. The molecule has 1 N–H and O–H groups in total. The van der Waals surface area contributed by atoms with Crippen molar-refractivity contribution in [2.24, 2.45) is 0 Å². The van der Waals surface area contributed by atoms with Gasteiger partial charge in [-0.25, -0.2) is 13.2 Å². The zero-order valence-electron chi connectivity index (χ0n) is 17.4. The smallest absolute Gasteiger partial charge is 0.331 e. The summed E-state index contributed by atoms with van der Waals surface area (Å²) in [5, 5.41) is 2.57. The van der Waals surface area contributed by atoms with Crippen molar-refractivity contribution in [2.45, 2.75) is 31.1 Å². The van der Waals surface area contributed by atoms with Gasteiger partial charge in [-0.1, -0.05) is 42.3 Å². The third kappa shape index (κ3) is 6.50. The molecule has 0 aromatic heterocycles. The van der Waals surface area contributed by atoms with Crippen molar-refractivity contribution in [1.82, 2.24) is 4.31 Å². The highest BCUT2D eigenvalue weighted by atomic mass is 32.2. The number of aryl methyl sites for hydroxylation is 1. The van der Waals surface area contributed by atoms with E-state index in [0.717, 1.165) is 30.4 Å². The van der Waals surface area contributed by atoms with E-state index in [0.29, 0.717) is 18.8 Å². The molecule has 3 rings (SSSR count). The first kappa shape index (κ1) is 22.7. The molecule has 2 aromatic carbocycles. The predicted molar refractivity (Wildman–Crippen MR) is 119 cm³/mol. The monoisotopic (exact) mass is 442 g/mol. The number of hydrogen-bond acceptors (Lipinski definition) is 5. The lowest BCUT2D eigenvalue weighted by atomic mass is 10.1. The van der Waals surface area contributed by atoms with Crippen LogP contribution in [0.4, 0.5) is 5.69 Å².